The van der Waals surface area contributed by atoms with Crippen molar-refractivity contribution >= 4 is 11.6 Å². The van der Waals surface area contributed by atoms with E-state index < -0.39 is 0 Å². The molecule has 0 amide bonds. The van der Waals surface area contributed by atoms with Gasteiger partial charge in [-0.15, -0.1) is 0 Å². The third kappa shape index (κ3) is 4.23. The van der Waals surface area contributed by atoms with E-state index in [1.807, 2.05) is 0 Å². The molecule has 2 rings (SSSR count). The van der Waals surface area contributed by atoms with E-state index in [4.69, 9.17) is 11.6 Å². The number of rotatable bonds is 6. The Morgan fingerprint density at radius 1 is 1.35 bits per heavy atom. The van der Waals surface area contributed by atoms with Crippen LogP contribution in [0, 0.1) is 11.8 Å². The van der Waals surface area contributed by atoms with Gasteiger partial charge in [0.15, 0.2) is 5.15 Å². The number of hydrogen-bond donors (Lipinski definition) is 2. The minimum absolute atomic E-state index is 0.615. The Morgan fingerprint density at radius 2 is 2.15 bits per heavy atom. The molecule has 4 heteroatoms. The molecule has 3 unspecified atom stereocenters. The highest BCUT2D eigenvalue weighted by Crippen LogP contribution is 2.29. The standard InChI is InChI=1S/C16H28ClN3/c1-4-5-6-15-19-14(16(17)20-15)10-18-13-8-7-11(2)9-12(13)3/h11-13,18H,4-10H2,1-3H3,(H,19,20). The van der Waals surface area contributed by atoms with Crippen molar-refractivity contribution in [1.29, 1.82) is 0 Å². The summed E-state index contributed by atoms with van der Waals surface area (Å²) in [6.45, 7) is 7.72. The van der Waals surface area contributed by atoms with Crippen molar-refractivity contribution in [3.05, 3.63) is 16.7 Å². The number of halogens is 1. The highest BCUT2D eigenvalue weighted by atomic mass is 35.5. The molecular weight excluding hydrogens is 270 g/mol. The molecule has 1 aliphatic rings. The van der Waals surface area contributed by atoms with Gasteiger partial charge in [0, 0.05) is 19.0 Å². The summed E-state index contributed by atoms with van der Waals surface area (Å²) < 4.78 is 0. The van der Waals surface area contributed by atoms with Gasteiger partial charge in [-0.25, -0.2) is 4.98 Å². The third-order valence-electron chi connectivity index (χ3n) is 4.52. The molecule has 3 atom stereocenters. The molecule has 0 bridgehead atoms. The topological polar surface area (TPSA) is 40.7 Å². The lowest BCUT2D eigenvalue weighted by atomic mass is 9.80. The van der Waals surface area contributed by atoms with Gasteiger partial charge in [-0.1, -0.05) is 38.8 Å². The lowest BCUT2D eigenvalue weighted by Crippen LogP contribution is -2.38. The fraction of sp³-hybridized carbons (Fsp3) is 0.812. The second-order valence-corrected chi connectivity index (χ2v) is 6.80. The van der Waals surface area contributed by atoms with Crippen LogP contribution in [0.5, 0.6) is 0 Å². The Hall–Kier alpha value is -0.540. The normalized spacial score (nSPS) is 26.9. The van der Waals surface area contributed by atoms with Gasteiger partial charge in [0.1, 0.15) is 5.82 Å². The Morgan fingerprint density at radius 3 is 2.85 bits per heavy atom. The number of nitrogens with zero attached hydrogens (tertiary/aromatic N) is 1. The minimum Gasteiger partial charge on any atom is -0.344 e. The number of H-pyrrole nitrogens is 1. The number of aryl methyl sites for hydroxylation is 1. The Kier molecular flexibility index (Phi) is 5.91. The number of aromatic nitrogens is 2. The maximum atomic E-state index is 6.22. The summed E-state index contributed by atoms with van der Waals surface area (Å²) in [5.74, 6) is 2.65. The molecule has 1 heterocycles. The monoisotopic (exact) mass is 297 g/mol. The third-order valence-corrected chi connectivity index (χ3v) is 4.83. The number of hydrogen-bond acceptors (Lipinski definition) is 2. The Labute approximate surface area is 127 Å². The first-order chi connectivity index (χ1) is 9.60. The second kappa shape index (κ2) is 7.46. The summed E-state index contributed by atoms with van der Waals surface area (Å²) in [7, 11) is 0. The first-order valence-electron chi connectivity index (χ1n) is 8.06. The molecule has 20 heavy (non-hydrogen) atoms. The van der Waals surface area contributed by atoms with Crippen molar-refractivity contribution in [2.24, 2.45) is 11.8 Å². The van der Waals surface area contributed by atoms with Gasteiger partial charge in [0.05, 0.1) is 5.69 Å². The summed E-state index contributed by atoms with van der Waals surface area (Å²) in [6.07, 6.45) is 7.28. The minimum atomic E-state index is 0.615. The molecule has 1 aromatic rings. The first-order valence-corrected chi connectivity index (χ1v) is 8.44. The molecule has 0 aliphatic heterocycles. The predicted molar refractivity (Wildman–Crippen MR) is 85.0 cm³/mol. The maximum absolute atomic E-state index is 6.22. The molecule has 114 valence electrons. The van der Waals surface area contributed by atoms with E-state index in [-0.39, 0.29) is 0 Å². The zero-order chi connectivity index (χ0) is 14.5. The molecule has 1 saturated carbocycles. The van der Waals surface area contributed by atoms with Gasteiger partial charge in [-0.05, 0) is 37.5 Å². The van der Waals surface area contributed by atoms with E-state index in [0.29, 0.717) is 11.2 Å². The van der Waals surface area contributed by atoms with E-state index in [2.05, 4.69) is 36.1 Å². The second-order valence-electron chi connectivity index (χ2n) is 6.44. The zero-order valence-corrected chi connectivity index (χ0v) is 13.8. The van der Waals surface area contributed by atoms with Crippen LogP contribution in [0.3, 0.4) is 0 Å². The van der Waals surface area contributed by atoms with Gasteiger partial charge < -0.3 is 10.3 Å². The van der Waals surface area contributed by atoms with Crippen molar-refractivity contribution in [1.82, 2.24) is 15.3 Å². The smallest absolute Gasteiger partial charge is 0.151 e. The van der Waals surface area contributed by atoms with Crippen LogP contribution >= 0.6 is 11.6 Å². The van der Waals surface area contributed by atoms with Crippen molar-refractivity contribution in [3.8, 4) is 0 Å². The molecule has 0 aromatic carbocycles. The van der Waals surface area contributed by atoms with Crippen LogP contribution in [-0.2, 0) is 13.0 Å². The molecule has 1 fully saturated rings. The van der Waals surface area contributed by atoms with E-state index in [1.165, 1.54) is 25.7 Å². The summed E-state index contributed by atoms with van der Waals surface area (Å²) in [4.78, 5) is 7.79. The fourth-order valence-corrected chi connectivity index (χ4v) is 3.44. The quantitative estimate of drug-likeness (QED) is 0.821. The molecule has 2 N–H and O–H groups in total. The van der Waals surface area contributed by atoms with Crippen molar-refractivity contribution in [2.75, 3.05) is 0 Å². The Bertz CT molecular complexity index is 416. The number of aromatic amines is 1. The zero-order valence-electron chi connectivity index (χ0n) is 13.0. The van der Waals surface area contributed by atoms with Crippen LogP contribution in [0.2, 0.25) is 5.15 Å². The Balaban J connectivity index is 1.85. The molecule has 0 spiro atoms. The number of nitrogens with one attached hydrogen (secondary N) is 2. The molecule has 0 radical (unpaired) electrons. The molecule has 1 aromatic heterocycles. The van der Waals surface area contributed by atoms with Crippen LogP contribution in [0.15, 0.2) is 0 Å². The van der Waals surface area contributed by atoms with Gasteiger partial charge in [0.2, 0.25) is 0 Å². The lowest BCUT2D eigenvalue weighted by molar-refractivity contribution is 0.227. The van der Waals surface area contributed by atoms with Crippen LogP contribution in [0.4, 0.5) is 0 Å². The van der Waals surface area contributed by atoms with Crippen molar-refractivity contribution < 1.29 is 0 Å². The maximum Gasteiger partial charge on any atom is 0.151 e. The van der Waals surface area contributed by atoms with Crippen LogP contribution in [0.1, 0.15) is 64.4 Å². The lowest BCUT2D eigenvalue weighted by Gasteiger charge is -2.33. The summed E-state index contributed by atoms with van der Waals surface area (Å²) in [6, 6.07) is 0.615. The molecular formula is C16H28ClN3. The highest BCUT2D eigenvalue weighted by molar-refractivity contribution is 6.30. The average molecular weight is 298 g/mol. The highest BCUT2D eigenvalue weighted by Gasteiger charge is 2.25. The average Bonchev–Trinajstić information content (AvgIpc) is 2.76. The number of unbranched alkanes of at least 4 members (excludes halogenated alkanes) is 1. The predicted octanol–water partition coefficient (Wildman–Crippen LogP) is 4.32. The van der Waals surface area contributed by atoms with Gasteiger partial charge in [0.25, 0.3) is 0 Å². The van der Waals surface area contributed by atoms with Crippen molar-refractivity contribution in [3.63, 3.8) is 0 Å². The molecule has 0 saturated heterocycles. The van der Waals surface area contributed by atoms with Gasteiger partial charge in [-0.3, -0.25) is 0 Å². The van der Waals surface area contributed by atoms with E-state index in [0.717, 1.165) is 42.7 Å². The summed E-state index contributed by atoms with van der Waals surface area (Å²) in [5, 5.41) is 4.30. The molecule has 1 aliphatic carbocycles. The van der Waals surface area contributed by atoms with Crippen molar-refractivity contribution in [2.45, 2.75) is 71.9 Å². The SMILES string of the molecule is CCCCc1nc(Cl)c(CNC2CCC(C)CC2C)[nH]1. The summed E-state index contributed by atoms with van der Waals surface area (Å²) in [5.41, 5.74) is 1.04. The number of imidazole rings is 1. The molecule has 3 nitrogen and oxygen atoms in total. The fourth-order valence-electron chi connectivity index (χ4n) is 3.22. The van der Waals surface area contributed by atoms with Gasteiger partial charge in [-0.2, -0.15) is 0 Å². The summed E-state index contributed by atoms with van der Waals surface area (Å²) >= 11 is 6.22. The van der Waals surface area contributed by atoms with Crippen LogP contribution in [-0.4, -0.2) is 16.0 Å². The van der Waals surface area contributed by atoms with Crippen LogP contribution < -0.4 is 5.32 Å². The van der Waals surface area contributed by atoms with E-state index >= 15 is 0 Å². The largest absolute Gasteiger partial charge is 0.344 e. The van der Waals surface area contributed by atoms with Gasteiger partial charge >= 0.3 is 0 Å². The van der Waals surface area contributed by atoms with E-state index in [1.54, 1.807) is 0 Å². The first kappa shape index (κ1) is 15.8. The van der Waals surface area contributed by atoms with Crippen LogP contribution in [0.25, 0.3) is 0 Å². The van der Waals surface area contributed by atoms with E-state index in [9.17, 15) is 0 Å².